The minimum Gasteiger partial charge on any atom is -0.506 e. The van der Waals surface area contributed by atoms with E-state index in [-0.39, 0.29) is 35.6 Å². The van der Waals surface area contributed by atoms with E-state index in [0.29, 0.717) is 5.56 Å². The predicted molar refractivity (Wildman–Crippen MR) is 72.6 cm³/mol. The SMILES string of the molecule is Cc1cccc(/C(O)=C2\C(=O)CN(C(C)C)C2=O)c1. The Morgan fingerprint density at radius 3 is 2.53 bits per heavy atom. The summed E-state index contributed by atoms with van der Waals surface area (Å²) in [6.45, 7) is 5.62. The van der Waals surface area contributed by atoms with Crippen LogP contribution in [0.4, 0.5) is 0 Å². The zero-order valence-corrected chi connectivity index (χ0v) is 11.3. The molecule has 0 radical (unpaired) electrons. The van der Waals surface area contributed by atoms with Gasteiger partial charge in [-0.1, -0.05) is 23.8 Å². The van der Waals surface area contributed by atoms with Crippen molar-refractivity contribution in [2.75, 3.05) is 6.54 Å². The first-order valence-electron chi connectivity index (χ1n) is 6.26. The predicted octanol–water partition coefficient (Wildman–Crippen LogP) is 2.08. The molecule has 1 aromatic rings. The summed E-state index contributed by atoms with van der Waals surface area (Å²) in [4.78, 5) is 25.5. The van der Waals surface area contributed by atoms with Crippen molar-refractivity contribution in [2.24, 2.45) is 0 Å². The maximum Gasteiger partial charge on any atom is 0.262 e. The Hall–Kier alpha value is -2.10. The average Bonchev–Trinajstić information content (AvgIpc) is 2.64. The summed E-state index contributed by atoms with van der Waals surface area (Å²) in [7, 11) is 0. The van der Waals surface area contributed by atoms with Crippen molar-refractivity contribution >= 4 is 17.4 Å². The highest BCUT2D eigenvalue weighted by atomic mass is 16.3. The van der Waals surface area contributed by atoms with Crippen LogP contribution in [0.25, 0.3) is 5.76 Å². The topological polar surface area (TPSA) is 57.6 Å². The third-order valence-corrected chi connectivity index (χ3v) is 3.22. The normalized spacial score (nSPS) is 18.4. The van der Waals surface area contributed by atoms with E-state index in [4.69, 9.17) is 0 Å². The van der Waals surface area contributed by atoms with Crippen LogP contribution in [0.1, 0.15) is 25.0 Å². The Balaban J connectivity index is 2.47. The van der Waals surface area contributed by atoms with Crippen molar-refractivity contribution in [3.05, 3.63) is 41.0 Å². The number of aliphatic hydroxyl groups excluding tert-OH is 1. The van der Waals surface area contributed by atoms with Gasteiger partial charge in [0.15, 0.2) is 5.78 Å². The molecular formula is C15H17NO3. The molecule has 19 heavy (non-hydrogen) atoms. The first-order chi connectivity index (χ1) is 8.91. The van der Waals surface area contributed by atoms with Crippen LogP contribution in [0.3, 0.4) is 0 Å². The third-order valence-electron chi connectivity index (χ3n) is 3.22. The van der Waals surface area contributed by atoms with Crippen LogP contribution in [0.5, 0.6) is 0 Å². The smallest absolute Gasteiger partial charge is 0.262 e. The van der Waals surface area contributed by atoms with Gasteiger partial charge < -0.3 is 10.0 Å². The number of Topliss-reactive ketones (excluding diaryl/α,β-unsaturated/α-hetero) is 1. The lowest BCUT2D eigenvalue weighted by molar-refractivity contribution is -0.126. The molecule has 100 valence electrons. The first kappa shape index (κ1) is 13.3. The summed E-state index contributed by atoms with van der Waals surface area (Å²) < 4.78 is 0. The van der Waals surface area contributed by atoms with Gasteiger partial charge in [0, 0.05) is 11.6 Å². The van der Waals surface area contributed by atoms with E-state index in [9.17, 15) is 14.7 Å². The van der Waals surface area contributed by atoms with E-state index >= 15 is 0 Å². The van der Waals surface area contributed by atoms with Crippen molar-refractivity contribution < 1.29 is 14.7 Å². The fraction of sp³-hybridized carbons (Fsp3) is 0.333. The van der Waals surface area contributed by atoms with Gasteiger partial charge >= 0.3 is 0 Å². The summed E-state index contributed by atoms with van der Waals surface area (Å²) >= 11 is 0. The monoisotopic (exact) mass is 259 g/mol. The number of carbonyl (C=O) groups is 2. The van der Waals surface area contributed by atoms with Crippen LogP contribution in [0, 0.1) is 6.92 Å². The Morgan fingerprint density at radius 1 is 1.32 bits per heavy atom. The Kier molecular flexibility index (Phi) is 3.42. The van der Waals surface area contributed by atoms with Gasteiger partial charge in [-0.2, -0.15) is 0 Å². The number of ketones is 1. The Bertz CT molecular complexity index is 573. The van der Waals surface area contributed by atoms with E-state index < -0.39 is 0 Å². The van der Waals surface area contributed by atoms with Crippen molar-refractivity contribution in [1.29, 1.82) is 0 Å². The number of amides is 1. The van der Waals surface area contributed by atoms with E-state index in [0.717, 1.165) is 5.56 Å². The van der Waals surface area contributed by atoms with Gasteiger partial charge in [-0.25, -0.2) is 0 Å². The Labute approximate surface area is 112 Å². The first-order valence-corrected chi connectivity index (χ1v) is 6.26. The highest BCUT2D eigenvalue weighted by Gasteiger charge is 2.37. The molecule has 1 aliphatic heterocycles. The van der Waals surface area contributed by atoms with Crippen molar-refractivity contribution in [3.8, 4) is 0 Å². The summed E-state index contributed by atoms with van der Waals surface area (Å²) in [5.74, 6) is -0.932. The second-order valence-corrected chi connectivity index (χ2v) is 5.04. The summed E-state index contributed by atoms with van der Waals surface area (Å²) in [6.07, 6.45) is 0. The number of nitrogens with zero attached hydrogens (tertiary/aromatic N) is 1. The largest absolute Gasteiger partial charge is 0.506 e. The minimum atomic E-state index is -0.390. The number of rotatable bonds is 2. The highest BCUT2D eigenvalue weighted by molar-refractivity contribution is 6.28. The number of hydrogen-bond acceptors (Lipinski definition) is 3. The van der Waals surface area contributed by atoms with Crippen LogP contribution >= 0.6 is 0 Å². The molecule has 1 fully saturated rings. The van der Waals surface area contributed by atoms with Gasteiger partial charge in [0.25, 0.3) is 5.91 Å². The van der Waals surface area contributed by atoms with Gasteiger partial charge in [-0.15, -0.1) is 0 Å². The molecule has 0 bridgehead atoms. The molecule has 0 atom stereocenters. The highest BCUT2D eigenvalue weighted by Crippen LogP contribution is 2.24. The molecule has 1 saturated heterocycles. The number of likely N-dealkylation sites (tertiary alicyclic amines) is 1. The lowest BCUT2D eigenvalue weighted by Gasteiger charge is -2.18. The molecule has 0 unspecified atom stereocenters. The fourth-order valence-corrected chi connectivity index (χ4v) is 2.16. The molecule has 1 heterocycles. The number of benzene rings is 1. The summed E-state index contributed by atoms with van der Waals surface area (Å²) in [6, 6.07) is 7.06. The zero-order valence-electron chi connectivity index (χ0n) is 11.3. The van der Waals surface area contributed by atoms with Crippen LogP contribution in [-0.4, -0.2) is 34.3 Å². The van der Waals surface area contributed by atoms with E-state index in [2.05, 4.69) is 0 Å². The van der Waals surface area contributed by atoms with E-state index in [1.807, 2.05) is 26.8 Å². The molecule has 4 heteroatoms. The zero-order chi connectivity index (χ0) is 14.2. The second-order valence-electron chi connectivity index (χ2n) is 5.04. The third kappa shape index (κ3) is 2.38. The molecule has 1 aliphatic rings. The molecule has 0 saturated carbocycles. The number of aliphatic hydroxyl groups is 1. The van der Waals surface area contributed by atoms with Gasteiger partial charge in [0.05, 0.1) is 6.54 Å². The summed E-state index contributed by atoms with van der Waals surface area (Å²) in [5.41, 5.74) is 1.37. The molecule has 2 rings (SSSR count). The quantitative estimate of drug-likeness (QED) is 0.502. The molecule has 0 aliphatic carbocycles. The second kappa shape index (κ2) is 4.88. The lowest BCUT2D eigenvalue weighted by atomic mass is 10.0. The van der Waals surface area contributed by atoms with Gasteiger partial charge in [0.1, 0.15) is 11.3 Å². The van der Waals surface area contributed by atoms with Crippen LogP contribution in [0.15, 0.2) is 29.8 Å². The van der Waals surface area contributed by atoms with Gasteiger partial charge in [-0.05, 0) is 26.8 Å². The Morgan fingerprint density at radius 2 is 2.00 bits per heavy atom. The molecule has 1 aromatic carbocycles. The number of hydrogen-bond donors (Lipinski definition) is 1. The molecule has 0 aromatic heterocycles. The molecule has 1 amide bonds. The molecule has 4 nitrogen and oxygen atoms in total. The lowest BCUT2D eigenvalue weighted by Crippen LogP contribution is -2.32. The van der Waals surface area contributed by atoms with E-state index in [1.54, 1.807) is 18.2 Å². The van der Waals surface area contributed by atoms with Crippen molar-refractivity contribution in [3.63, 3.8) is 0 Å². The maximum absolute atomic E-state index is 12.1. The minimum absolute atomic E-state index is 0.0434. The van der Waals surface area contributed by atoms with Crippen molar-refractivity contribution in [1.82, 2.24) is 4.90 Å². The van der Waals surface area contributed by atoms with Gasteiger partial charge in [0.2, 0.25) is 0 Å². The summed E-state index contributed by atoms with van der Waals surface area (Å²) in [5, 5.41) is 10.2. The van der Waals surface area contributed by atoms with Crippen LogP contribution in [-0.2, 0) is 9.59 Å². The number of aryl methyl sites for hydroxylation is 1. The standard InChI is InChI=1S/C15H17NO3/c1-9(2)16-8-12(17)13(15(16)19)14(18)11-6-4-5-10(3)7-11/h4-7,9,18H,8H2,1-3H3/b14-13-. The molecule has 0 spiro atoms. The fourth-order valence-electron chi connectivity index (χ4n) is 2.16. The van der Waals surface area contributed by atoms with Crippen LogP contribution < -0.4 is 0 Å². The molecule has 1 N–H and O–H groups in total. The molecular weight excluding hydrogens is 242 g/mol. The maximum atomic E-state index is 12.1. The van der Waals surface area contributed by atoms with Gasteiger partial charge in [-0.3, -0.25) is 9.59 Å². The van der Waals surface area contributed by atoms with Crippen LogP contribution in [0.2, 0.25) is 0 Å². The average molecular weight is 259 g/mol. The van der Waals surface area contributed by atoms with Crippen molar-refractivity contribution in [2.45, 2.75) is 26.8 Å². The van der Waals surface area contributed by atoms with E-state index in [1.165, 1.54) is 4.90 Å². The number of carbonyl (C=O) groups excluding carboxylic acids is 2.